The molecule has 1 fully saturated rings. The summed E-state index contributed by atoms with van der Waals surface area (Å²) >= 11 is 0. The molecule has 1 aliphatic heterocycles. The average molecular weight is 525 g/mol. The van der Waals surface area contributed by atoms with Gasteiger partial charge in [-0.3, -0.25) is 9.58 Å². The fourth-order valence-electron chi connectivity index (χ4n) is 5.50. The molecular weight excluding hydrogens is 491 g/mol. The van der Waals surface area contributed by atoms with Crippen molar-refractivity contribution < 1.29 is 9.50 Å². The fraction of sp³-hybridized carbons (Fsp3) is 0.290. The molecule has 1 aliphatic rings. The molecule has 0 bridgehead atoms. The number of aryl methyl sites for hydroxylation is 1. The molecule has 7 nitrogen and oxygen atoms in total. The van der Waals surface area contributed by atoms with E-state index in [0.29, 0.717) is 6.54 Å². The number of fused-ring (bicyclic) bond motifs is 1. The molecule has 4 heterocycles. The van der Waals surface area contributed by atoms with Crippen LogP contribution in [0.3, 0.4) is 0 Å². The van der Waals surface area contributed by atoms with Gasteiger partial charge in [-0.05, 0) is 55.3 Å². The topological polar surface area (TPSA) is 73.2 Å². The van der Waals surface area contributed by atoms with Crippen molar-refractivity contribution >= 4 is 16.7 Å². The smallest absolute Gasteiger partial charge is 0.137 e. The van der Waals surface area contributed by atoms with Crippen molar-refractivity contribution in [2.75, 3.05) is 37.6 Å². The zero-order valence-corrected chi connectivity index (χ0v) is 22.3. The van der Waals surface area contributed by atoms with Gasteiger partial charge in [0.15, 0.2) is 0 Å². The van der Waals surface area contributed by atoms with Crippen molar-refractivity contribution in [3.8, 4) is 22.3 Å². The summed E-state index contributed by atoms with van der Waals surface area (Å²) in [6.45, 7) is 8.91. The summed E-state index contributed by atoms with van der Waals surface area (Å²) < 4.78 is 15.5. The molecule has 0 amide bonds. The minimum Gasteiger partial charge on any atom is -0.392 e. The first kappa shape index (κ1) is 25.3. The summed E-state index contributed by atoms with van der Waals surface area (Å²) in [5.41, 5.74) is 8.09. The van der Waals surface area contributed by atoms with E-state index in [4.69, 9.17) is 10.1 Å². The van der Waals surface area contributed by atoms with Crippen molar-refractivity contribution in [3.05, 3.63) is 90.3 Å². The van der Waals surface area contributed by atoms with E-state index >= 15 is 0 Å². The third kappa shape index (κ3) is 5.44. The van der Waals surface area contributed by atoms with E-state index in [1.807, 2.05) is 43.2 Å². The predicted molar refractivity (Wildman–Crippen MR) is 153 cm³/mol. The lowest BCUT2D eigenvalue weighted by atomic mass is 10.0. The normalized spacial score (nSPS) is 15.2. The lowest BCUT2D eigenvalue weighted by molar-refractivity contribution is 0.123. The van der Waals surface area contributed by atoms with Crippen LogP contribution in [0.1, 0.15) is 18.2 Å². The number of anilines is 1. The van der Waals surface area contributed by atoms with Crippen LogP contribution in [-0.4, -0.2) is 68.6 Å². The van der Waals surface area contributed by atoms with Crippen molar-refractivity contribution in [2.45, 2.75) is 26.5 Å². The first-order valence-electron chi connectivity index (χ1n) is 13.4. The molecule has 8 heteroatoms. The maximum absolute atomic E-state index is 13.6. The van der Waals surface area contributed by atoms with Crippen LogP contribution in [0.25, 0.3) is 33.3 Å². The van der Waals surface area contributed by atoms with E-state index in [0.717, 1.165) is 77.3 Å². The monoisotopic (exact) mass is 524 g/mol. The molecule has 0 saturated carbocycles. The Balaban J connectivity index is 1.22. The van der Waals surface area contributed by atoms with Crippen LogP contribution < -0.4 is 4.90 Å². The highest BCUT2D eigenvalue weighted by atomic mass is 19.1. The first-order chi connectivity index (χ1) is 18.9. The van der Waals surface area contributed by atoms with Gasteiger partial charge in [-0.15, -0.1) is 0 Å². The molecular formula is C31H33FN6O. The Kier molecular flexibility index (Phi) is 6.89. The van der Waals surface area contributed by atoms with Gasteiger partial charge in [-0.1, -0.05) is 24.3 Å². The molecule has 1 atom stereocenters. The Labute approximate surface area is 227 Å². The third-order valence-electron chi connectivity index (χ3n) is 7.46. The molecule has 0 radical (unpaired) electrons. The molecule has 200 valence electrons. The summed E-state index contributed by atoms with van der Waals surface area (Å²) in [5.74, 6) is -0.241. The number of piperazine rings is 1. The first-order valence-corrected chi connectivity index (χ1v) is 13.4. The number of hydrogen-bond donors (Lipinski definition) is 2. The van der Waals surface area contributed by atoms with Gasteiger partial charge in [0, 0.05) is 79.1 Å². The zero-order valence-electron chi connectivity index (χ0n) is 22.3. The number of hydrogen-bond acceptors (Lipinski definition) is 5. The van der Waals surface area contributed by atoms with E-state index in [-0.39, 0.29) is 11.9 Å². The quantitative estimate of drug-likeness (QED) is 0.310. The molecule has 1 saturated heterocycles. The number of β-amino-alcohol motifs (C(OH)–C–C–N with tert-alkyl or cyclic N) is 1. The number of nitrogens with zero attached hydrogens (tertiary/aromatic N) is 5. The number of aliphatic hydroxyl groups excluding tert-OH is 1. The van der Waals surface area contributed by atoms with Crippen LogP contribution in [0.2, 0.25) is 0 Å². The lowest BCUT2D eigenvalue weighted by Gasteiger charge is -2.36. The van der Waals surface area contributed by atoms with E-state index in [9.17, 15) is 9.50 Å². The number of rotatable bonds is 7. The molecule has 0 spiro atoms. The van der Waals surface area contributed by atoms with Crippen LogP contribution >= 0.6 is 0 Å². The summed E-state index contributed by atoms with van der Waals surface area (Å²) in [6.07, 6.45) is 5.62. The third-order valence-corrected chi connectivity index (χ3v) is 7.46. The van der Waals surface area contributed by atoms with E-state index in [2.05, 4.69) is 45.1 Å². The van der Waals surface area contributed by atoms with Crippen LogP contribution in [0, 0.1) is 12.7 Å². The number of halogens is 1. The zero-order chi connectivity index (χ0) is 26.9. The van der Waals surface area contributed by atoms with Crippen molar-refractivity contribution in [1.82, 2.24) is 24.6 Å². The number of aromatic amines is 1. The summed E-state index contributed by atoms with van der Waals surface area (Å²) in [7, 11) is 0. The van der Waals surface area contributed by atoms with Crippen molar-refractivity contribution in [2.24, 2.45) is 0 Å². The predicted octanol–water partition coefficient (Wildman–Crippen LogP) is 5.09. The maximum Gasteiger partial charge on any atom is 0.137 e. The molecule has 2 aromatic carbocycles. The highest BCUT2D eigenvalue weighted by molar-refractivity contribution is 5.96. The molecule has 6 rings (SSSR count). The van der Waals surface area contributed by atoms with Gasteiger partial charge in [0.2, 0.25) is 0 Å². The fourth-order valence-corrected chi connectivity index (χ4v) is 5.50. The number of nitrogens with one attached hydrogen (secondary N) is 1. The Bertz CT molecular complexity index is 1580. The molecule has 1 unspecified atom stereocenters. The van der Waals surface area contributed by atoms with Crippen molar-refractivity contribution in [3.63, 3.8) is 0 Å². The van der Waals surface area contributed by atoms with Crippen LogP contribution in [0.4, 0.5) is 10.1 Å². The van der Waals surface area contributed by atoms with Gasteiger partial charge in [-0.25, -0.2) is 9.37 Å². The Morgan fingerprint density at radius 3 is 2.54 bits per heavy atom. The van der Waals surface area contributed by atoms with Gasteiger partial charge in [0.25, 0.3) is 0 Å². The van der Waals surface area contributed by atoms with Gasteiger partial charge in [-0.2, -0.15) is 5.10 Å². The molecule has 2 N–H and O–H groups in total. The minimum absolute atomic E-state index is 0.241. The summed E-state index contributed by atoms with van der Waals surface area (Å²) in [5, 5.41) is 15.4. The molecule has 5 aromatic rings. The SMILES string of the molecule is Cc1nn(Cc2cccc(F)c2)cc1-c1c[nH]c2ncc(-c3ccc(N4CCN(CC(C)O)CC4)cc3)cc12. The highest BCUT2D eigenvalue weighted by Crippen LogP contribution is 2.33. The summed E-state index contributed by atoms with van der Waals surface area (Å²) in [4.78, 5) is 12.7. The summed E-state index contributed by atoms with van der Waals surface area (Å²) in [6, 6.07) is 17.5. The Morgan fingerprint density at radius 2 is 1.79 bits per heavy atom. The van der Waals surface area contributed by atoms with Gasteiger partial charge < -0.3 is 15.0 Å². The average Bonchev–Trinajstić information content (AvgIpc) is 3.51. The van der Waals surface area contributed by atoms with E-state index in [1.165, 1.54) is 11.8 Å². The second-order valence-corrected chi connectivity index (χ2v) is 10.5. The largest absolute Gasteiger partial charge is 0.392 e. The number of aliphatic hydroxyl groups is 1. The standard InChI is InChI=1S/C31H33FN6O/c1-21(39)18-36-10-12-37(13-11-36)27-8-6-24(7-9-27)25-15-28-29(17-34-31(28)33-16-25)30-20-38(35-22(30)2)19-23-4-3-5-26(32)14-23/h3-9,14-17,20-21,39H,10-13,18-19H2,1-2H3,(H,33,34). The number of aromatic nitrogens is 4. The van der Waals surface area contributed by atoms with Gasteiger partial charge in [0.1, 0.15) is 11.5 Å². The van der Waals surface area contributed by atoms with E-state index in [1.54, 1.807) is 12.1 Å². The Hall–Kier alpha value is -4.01. The second kappa shape index (κ2) is 10.6. The van der Waals surface area contributed by atoms with E-state index < -0.39 is 0 Å². The second-order valence-electron chi connectivity index (χ2n) is 10.5. The number of pyridine rings is 1. The van der Waals surface area contributed by atoms with Gasteiger partial charge in [0.05, 0.1) is 18.3 Å². The van der Waals surface area contributed by atoms with Crippen molar-refractivity contribution in [1.29, 1.82) is 0 Å². The lowest BCUT2D eigenvalue weighted by Crippen LogP contribution is -2.48. The molecule has 0 aliphatic carbocycles. The number of benzene rings is 2. The number of H-pyrrole nitrogens is 1. The highest BCUT2D eigenvalue weighted by Gasteiger charge is 2.19. The Morgan fingerprint density at radius 1 is 1.00 bits per heavy atom. The van der Waals surface area contributed by atoms with Crippen LogP contribution in [0.15, 0.2) is 73.2 Å². The molecule has 39 heavy (non-hydrogen) atoms. The maximum atomic E-state index is 13.6. The minimum atomic E-state index is -0.289. The van der Waals surface area contributed by atoms with Crippen LogP contribution in [-0.2, 0) is 6.54 Å². The van der Waals surface area contributed by atoms with Crippen LogP contribution in [0.5, 0.6) is 0 Å². The van der Waals surface area contributed by atoms with Gasteiger partial charge >= 0.3 is 0 Å². The molecule has 3 aromatic heterocycles.